The molecular weight excluding hydrogens is 252 g/mol. The van der Waals surface area contributed by atoms with Crippen molar-refractivity contribution in [2.45, 2.75) is 6.92 Å². The highest BCUT2D eigenvalue weighted by Gasteiger charge is 2.19. The summed E-state index contributed by atoms with van der Waals surface area (Å²) in [5.74, 6) is -0.103. The molecule has 0 fully saturated rings. The summed E-state index contributed by atoms with van der Waals surface area (Å²) in [5, 5.41) is 0.426. The van der Waals surface area contributed by atoms with Crippen molar-refractivity contribution in [2.24, 2.45) is 0 Å². The Morgan fingerprint density at radius 3 is 2.72 bits per heavy atom. The van der Waals surface area contributed by atoms with Gasteiger partial charge >= 0.3 is 0 Å². The Balaban J connectivity index is 2.52. The first-order valence-electron chi connectivity index (χ1n) is 5.30. The molecule has 2 rings (SSSR count). The van der Waals surface area contributed by atoms with Crippen LogP contribution >= 0.6 is 11.6 Å². The van der Waals surface area contributed by atoms with Crippen LogP contribution in [-0.4, -0.2) is 22.9 Å². The van der Waals surface area contributed by atoms with Crippen molar-refractivity contribution in [1.29, 1.82) is 0 Å². The molecule has 0 saturated heterocycles. The Kier molecular flexibility index (Phi) is 3.58. The molecule has 92 valence electrons. The first kappa shape index (κ1) is 12.5. The minimum Gasteiger partial charge on any atom is -0.479 e. The van der Waals surface area contributed by atoms with Gasteiger partial charge in [-0.25, -0.2) is 9.97 Å². The first-order valence-corrected chi connectivity index (χ1v) is 5.67. The third kappa shape index (κ3) is 2.19. The molecule has 1 heterocycles. The monoisotopic (exact) mass is 262 g/mol. The highest BCUT2D eigenvalue weighted by molar-refractivity contribution is 6.35. The second-order valence-corrected chi connectivity index (χ2v) is 4.06. The fourth-order valence-corrected chi connectivity index (χ4v) is 1.79. The van der Waals surface area contributed by atoms with E-state index in [1.165, 1.54) is 19.5 Å². The molecule has 0 atom stereocenters. The van der Waals surface area contributed by atoms with Crippen LogP contribution in [0.2, 0.25) is 5.02 Å². The van der Waals surface area contributed by atoms with E-state index in [9.17, 15) is 4.79 Å². The second-order valence-electron chi connectivity index (χ2n) is 3.68. The van der Waals surface area contributed by atoms with Gasteiger partial charge in [0.1, 0.15) is 0 Å². The molecule has 2 aromatic rings. The molecule has 4 nitrogen and oxygen atoms in total. The number of methoxy groups -OCH3 is 1. The van der Waals surface area contributed by atoms with Gasteiger partial charge in [-0.3, -0.25) is 4.79 Å². The van der Waals surface area contributed by atoms with Crippen molar-refractivity contribution in [2.75, 3.05) is 7.11 Å². The smallest absolute Gasteiger partial charge is 0.243 e. The van der Waals surface area contributed by atoms with Crippen molar-refractivity contribution in [3.8, 4) is 5.88 Å². The zero-order chi connectivity index (χ0) is 13.1. The summed E-state index contributed by atoms with van der Waals surface area (Å²) < 4.78 is 5.02. The number of ether oxygens (including phenoxy) is 1. The van der Waals surface area contributed by atoms with Gasteiger partial charge in [-0.2, -0.15) is 0 Å². The Morgan fingerprint density at radius 2 is 2.00 bits per heavy atom. The zero-order valence-corrected chi connectivity index (χ0v) is 10.7. The maximum absolute atomic E-state index is 12.3. The molecule has 0 amide bonds. The highest BCUT2D eigenvalue weighted by Crippen LogP contribution is 2.24. The maximum Gasteiger partial charge on any atom is 0.243 e. The quantitative estimate of drug-likeness (QED) is 0.798. The van der Waals surface area contributed by atoms with Gasteiger partial charge in [0.05, 0.1) is 12.1 Å². The van der Waals surface area contributed by atoms with E-state index in [-0.39, 0.29) is 17.4 Å². The Bertz CT molecular complexity index is 599. The van der Waals surface area contributed by atoms with E-state index in [1.807, 2.05) is 13.0 Å². The minimum atomic E-state index is -0.298. The minimum absolute atomic E-state index is 0.160. The number of carbonyl (C=O) groups is 1. The van der Waals surface area contributed by atoms with Gasteiger partial charge < -0.3 is 4.74 Å². The Labute approximate surface area is 110 Å². The number of aromatic nitrogens is 2. The number of ketones is 1. The Hall–Kier alpha value is -1.94. The van der Waals surface area contributed by atoms with Crippen LogP contribution in [0.25, 0.3) is 0 Å². The van der Waals surface area contributed by atoms with Crippen LogP contribution in [0.1, 0.15) is 21.6 Å². The van der Waals surface area contributed by atoms with Crippen LogP contribution in [0, 0.1) is 6.92 Å². The van der Waals surface area contributed by atoms with Gasteiger partial charge in [-0.05, 0) is 18.6 Å². The maximum atomic E-state index is 12.3. The molecule has 1 aromatic heterocycles. The lowest BCUT2D eigenvalue weighted by atomic mass is 10.1. The molecule has 0 spiro atoms. The normalized spacial score (nSPS) is 10.2. The number of benzene rings is 1. The number of aryl methyl sites for hydroxylation is 1. The molecule has 0 aliphatic heterocycles. The van der Waals surface area contributed by atoms with Gasteiger partial charge in [0, 0.05) is 18.0 Å². The van der Waals surface area contributed by atoms with Gasteiger partial charge in [0.25, 0.3) is 0 Å². The van der Waals surface area contributed by atoms with E-state index in [4.69, 9.17) is 16.3 Å². The lowest BCUT2D eigenvalue weighted by Crippen LogP contribution is -2.08. The topological polar surface area (TPSA) is 52.1 Å². The third-order valence-electron chi connectivity index (χ3n) is 2.51. The fraction of sp³-hybridized carbons (Fsp3) is 0.154. The predicted octanol–water partition coefficient (Wildman–Crippen LogP) is 2.68. The van der Waals surface area contributed by atoms with Crippen LogP contribution in [0.4, 0.5) is 0 Å². The second kappa shape index (κ2) is 5.14. The molecule has 0 aliphatic carbocycles. The van der Waals surface area contributed by atoms with E-state index < -0.39 is 0 Å². The number of nitrogens with zero attached hydrogens (tertiary/aromatic N) is 2. The lowest BCUT2D eigenvalue weighted by Gasteiger charge is -2.07. The molecule has 0 N–H and O–H groups in total. The number of rotatable bonds is 3. The number of hydrogen-bond donors (Lipinski definition) is 0. The summed E-state index contributed by atoms with van der Waals surface area (Å²) in [6.07, 6.45) is 2.91. The first-order chi connectivity index (χ1) is 8.65. The van der Waals surface area contributed by atoms with Crippen LogP contribution in [-0.2, 0) is 0 Å². The molecular formula is C13H11ClN2O2. The van der Waals surface area contributed by atoms with E-state index in [0.29, 0.717) is 10.6 Å². The van der Waals surface area contributed by atoms with Gasteiger partial charge in [0.15, 0.2) is 5.69 Å². The Morgan fingerprint density at radius 1 is 1.28 bits per heavy atom. The van der Waals surface area contributed by atoms with Gasteiger partial charge in [0.2, 0.25) is 11.7 Å². The molecule has 1 aromatic carbocycles. The van der Waals surface area contributed by atoms with E-state index >= 15 is 0 Å². The molecule has 0 saturated carbocycles. The van der Waals surface area contributed by atoms with Crippen LogP contribution in [0.3, 0.4) is 0 Å². The average Bonchev–Trinajstić information content (AvgIpc) is 2.41. The van der Waals surface area contributed by atoms with Crippen molar-refractivity contribution in [3.05, 3.63) is 52.4 Å². The molecule has 0 bridgehead atoms. The molecule has 18 heavy (non-hydrogen) atoms. The average molecular weight is 263 g/mol. The summed E-state index contributed by atoms with van der Waals surface area (Å²) in [6.45, 7) is 1.84. The number of hydrogen-bond acceptors (Lipinski definition) is 4. The van der Waals surface area contributed by atoms with Crippen molar-refractivity contribution < 1.29 is 9.53 Å². The van der Waals surface area contributed by atoms with Crippen molar-refractivity contribution >= 4 is 17.4 Å². The van der Waals surface area contributed by atoms with Gasteiger partial charge in [-0.1, -0.05) is 23.7 Å². The van der Waals surface area contributed by atoms with Crippen LogP contribution in [0.15, 0.2) is 30.6 Å². The number of carbonyl (C=O) groups excluding carboxylic acids is 1. The zero-order valence-electron chi connectivity index (χ0n) is 9.98. The highest BCUT2D eigenvalue weighted by atomic mass is 35.5. The molecule has 0 aliphatic rings. The van der Waals surface area contributed by atoms with Crippen molar-refractivity contribution in [3.63, 3.8) is 0 Å². The standard InChI is InChI=1S/C13H11ClN2O2/c1-8-4-3-5-9(10(8)14)12(17)11-13(18-2)16-7-6-15-11/h3-7H,1-2H3. The molecule has 0 radical (unpaired) electrons. The third-order valence-corrected chi connectivity index (χ3v) is 3.01. The SMILES string of the molecule is COc1nccnc1C(=O)c1cccc(C)c1Cl. The molecule has 0 unspecified atom stereocenters. The van der Waals surface area contributed by atoms with Crippen LogP contribution in [0.5, 0.6) is 5.88 Å². The summed E-state index contributed by atoms with van der Waals surface area (Å²) in [4.78, 5) is 20.3. The lowest BCUT2D eigenvalue weighted by molar-refractivity contribution is 0.103. The van der Waals surface area contributed by atoms with Crippen molar-refractivity contribution in [1.82, 2.24) is 9.97 Å². The fourth-order valence-electron chi connectivity index (χ4n) is 1.58. The largest absolute Gasteiger partial charge is 0.479 e. The summed E-state index contributed by atoms with van der Waals surface area (Å²) >= 11 is 6.12. The van der Waals surface area contributed by atoms with Gasteiger partial charge in [-0.15, -0.1) is 0 Å². The van der Waals surface area contributed by atoms with Crippen LogP contribution < -0.4 is 4.74 Å². The number of halogens is 1. The predicted molar refractivity (Wildman–Crippen MR) is 68.2 cm³/mol. The summed E-state index contributed by atoms with van der Waals surface area (Å²) in [7, 11) is 1.44. The summed E-state index contributed by atoms with van der Waals surface area (Å²) in [5.41, 5.74) is 1.40. The van der Waals surface area contributed by atoms with E-state index in [2.05, 4.69) is 9.97 Å². The van der Waals surface area contributed by atoms with E-state index in [1.54, 1.807) is 12.1 Å². The summed E-state index contributed by atoms with van der Waals surface area (Å²) in [6, 6.07) is 5.27. The van der Waals surface area contributed by atoms with E-state index in [0.717, 1.165) is 5.56 Å². The molecule has 5 heteroatoms.